The van der Waals surface area contributed by atoms with Crippen LogP contribution < -0.4 is 5.73 Å². The smallest absolute Gasteiger partial charge is 0.333 e. The van der Waals surface area contributed by atoms with Crippen LogP contribution in [-0.4, -0.2) is 23.7 Å². The van der Waals surface area contributed by atoms with E-state index in [0.29, 0.717) is 5.92 Å². The minimum absolute atomic E-state index is 0.134. The molecule has 2 aliphatic carbocycles. The number of hydrogen-bond donors (Lipinski definition) is 2. The first kappa shape index (κ1) is 19.6. The summed E-state index contributed by atoms with van der Waals surface area (Å²) in [7, 11) is -0.487. The topological polar surface area (TPSA) is 89.6 Å². The van der Waals surface area contributed by atoms with Gasteiger partial charge in [-0.15, -0.1) is 0 Å². The third-order valence-corrected chi connectivity index (χ3v) is 5.86. The van der Waals surface area contributed by atoms with Crippen LogP contribution in [0.3, 0.4) is 0 Å². The van der Waals surface area contributed by atoms with Crippen molar-refractivity contribution in [3.63, 3.8) is 0 Å². The van der Waals surface area contributed by atoms with E-state index >= 15 is 0 Å². The summed E-state index contributed by atoms with van der Waals surface area (Å²) in [6.07, 6.45) is 12.5. The second-order valence-electron chi connectivity index (χ2n) is 7.27. The van der Waals surface area contributed by atoms with Crippen molar-refractivity contribution in [2.45, 2.75) is 76.7 Å². The third kappa shape index (κ3) is 5.65. The van der Waals surface area contributed by atoms with Crippen molar-refractivity contribution >= 4 is 14.7 Å². The van der Waals surface area contributed by atoms with Crippen molar-refractivity contribution in [2.24, 2.45) is 17.6 Å². The zero-order valence-corrected chi connectivity index (χ0v) is 15.3. The lowest BCUT2D eigenvalue weighted by Crippen LogP contribution is -2.34. The third-order valence-electron chi connectivity index (χ3n) is 5.62. The minimum Gasteiger partial charge on any atom is -0.478 e. The maximum absolute atomic E-state index is 11.8. The van der Waals surface area contributed by atoms with Gasteiger partial charge in [-0.05, 0) is 36.7 Å². The van der Waals surface area contributed by atoms with Crippen LogP contribution in [-0.2, 0) is 13.9 Å². The van der Waals surface area contributed by atoms with Gasteiger partial charge in [-0.3, -0.25) is 4.52 Å². The molecule has 1 atom stereocenters. The van der Waals surface area contributed by atoms with Crippen LogP contribution in [0.4, 0.5) is 0 Å². The van der Waals surface area contributed by atoms with Crippen molar-refractivity contribution in [1.29, 1.82) is 0 Å². The van der Waals surface area contributed by atoms with Crippen LogP contribution in [0.15, 0.2) is 11.1 Å². The number of carbonyl (C=O) groups is 1. The summed E-state index contributed by atoms with van der Waals surface area (Å²) < 4.78 is 15.5. The summed E-state index contributed by atoms with van der Waals surface area (Å²) in [5, 5.41) is 9.66. The first-order chi connectivity index (χ1) is 11.6. The van der Waals surface area contributed by atoms with Crippen molar-refractivity contribution < 1.29 is 19.0 Å². The highest BCUT2D eigenvalue weighted by Gasteiger charge is 2.30. The van der Waals surface area contributed by atoms with Crippen LogP contribution in [0.25, 0.3) is 0 Å². The molecule has 0 unspecified atom stereocenters. The highest BCUT2D eigenvalue weighted by atomic mass is 31.1. The molecule has 0 radical (unpaired) electrons. The fourth-order valence-electron chi connectivity index (χ4n) is 4.45. The van der Waals surface area contributed by atoms with E-state index < -0.39 is 14.7 Å². The molecule has 136 valence electrons. The van der Waals surface area contributed by atoms with Crippen molar-refractivity contribution in [1.82, 2.24) is 0 Å². The Morgan fingerprint density at radius 2 is 1.67 bits per heavy atom. The number of hydrogen-bond acceptors (Lipinski definition) is 4. The Morgan fingerprint density at radius 3 is 2.21 bits per heavy atom. The van der Waals surface area contributed by atoms with Gasteiger partial charge in [0.2, 0.25) is 0 Å². The van der Waals surface area contributed by atoms with E-state index in [1.807, 2.05) is 0 Å². The van der Waals surface area contributed by atoms with Gasteiger partial charge in [0.15, 0.2) is 0 Å². The van der Waals surface area contributed by atoms with Gasteiger partial charge in [-0.25, -0.2) is 9.36 Å². The molecule has 6 heteroatoms. The maximum atomic E-state index is 11.8. The lowest BCUT2D eigenvalue weighted by molar-refractivity contribution is -0.133. The zero-order chi connectivity index (χ0) is 17.4. The van der Waals surface area contributed by atoms with E-state index in [1.165, 1.54) is 38.5 Å². The normalized spacial score (nSPS) is 23.0. The fourth-order valence-corrected chi connectivity index (χ4v) is 4.64. The molecule has 0 spiro atoms. The summed E-state index contributed by atoms with van der Waals surface area (Å²) in [6.45, 7) is -0.134. The van der Waals surface area contributed by atoms with E-state index in [1.54, 1.807) is 0 Å². The van der Waals surface area contributed by atoms with Crippen LogP contribution in [0.2, 0.25) is 0 Å². The molecule has 0 aromatic heterocycles. The number of carboxylic acid groups (broad SMARTS) is 1. The van der Waals surface area contributed by atoms with E-state index in [9.17, 15) is 14.5 Å². The van der Waals surface area contributed by atoms with Crippen LogP contribution in [0, 0.1) is 11.8 Å². The summed E-state index contributed by atoms with van der Waals surface area (Å²) in [5.41, 5.74) is 7.62. The van der Waals surface area contributed by atoms with Crippen LogP contribution >= 0.6 is 8.69 Å². The first-order valence-electron chi connectivity index (χ1n) is 9.30. The Hall–Kier alpha value is -0.770. The van der Waals surface area contributed by atoms with Crippen molar-refractivity contribution in [3.05, 3.63) is 11.1 Å². The molecule has 3 N–H and O–H groups in total. The second kappa shape index (κ2) is 10.3. The summed E-state index contributed by atoms with van der Waals surface area (Å²) in [4.78, 5) is 11.8. The number of nitrogens with two attached hydrogens (primary N) is 1. The monoisotopic (exact) mass is 355 g/mol. The molecule has 24 heavy (non-hydrogen) atoms. The molecule has 0 amide bonds. The van der Waals surface area contributed by atoms with Gasteiger partial charge < -0.3 is 10.8 Å². The number of aliphatic carboxylic acids is 1. The molecule has 5 nitrogen and oxygen atoms in total. The van der Waals surface area contributed by atoms with Crippen molar-refractivity contribution in [3.8, 4) is 0 Å². The van der Waals surface area contributed by atoms with Gasteiger partial charge in [-0.1, -0.05) is 51.4 Å². The largest absolute Gasteiger partial charge is 0.478 e. The molecule has 2 saturated carbocycles. The summed E-state index contributed by atoms with van der Waals surface area (Å²) in [6, 6.07) is -0.228. The van der Waals surface area contributed by atoms with Gasteiger partial charge in [-0.2, -0.15) is 0 Å². The molecule has 0 saturated heterocycles. The molecule has 0 aromatic rings. The van der Waals surface area contributed by atoms with Gasteiger partial charge in [0.25, 0.3) is 0 Å². The lowest BCUT2D eigenvalue weighted by atomic mass is 9.75. The summed E-state index contributed by atoms with van der Waals surface area (Å²) in [5.74, 6) is -0.158. The minimum atomic E-state index is -0.988. The van der Waals surface area contributed by atoms with Gasteiger partial charge in [0, 0.05) is 6.04 Å². The molecule has 0 bridgehead atoms. The standard InChI is InChI=1S/C18H30NO4P/c19-16(11-13-7-3-1-4-8-13)17(14-9-5-2-6-10-14)15(18(20)21)12-23-24-22/h13-14,16H,1-12,19H2,(H,20,21)/t16-/m1/s1. The number of rotatable bonds is 8. The highest BCUT2D eigenvalue weighted by Crippen LogP contribution is 2.36. The maximum Gasteiger partial charge on any atom is 0.333 e. The van der Waals surface area contributed by atoms with Crippen LogP contribution in [0.5, 0.6) is 0 Å². The molecule has 0 heterocycles. The first-order valence-corrected chi connectivity index (χ1v) is 10.0. The summed E-state index contributed by atoms with van der Waals surface area (Å²) >= 11 is 0. The Balaban J connectivity index is 2.21. The Morgan fingerprint density at radius 1 is 1.08 bits per heavy atom. The molecule has 0 aromatic carbocycles. The number of carboxylic acids is 1. The van der Waals surface area contributed by atoms with Gasteiger partial charge in [0.05, 0.1) is 12.2 Å². The molecule has 0 aliphatic heterocycles. The average Bonchev–Trinajstić information content (AvgIpc) is 2.59. The molecule has 2 rings (SSSR count). The second-order valence-corrected chi connectivity index (χ2v) is 7.68. The van der Waals surface area contributed by atoms with Gasteiger partial charge >= 0.3 is 14.7 Å². The molecular weight excluding hydrogens is 325 g/mol. The van der Waals surface area contributed by atoms with Crippen LogP contribution in [0.1, 0.15) is 70.6 Å². The predicted octanol–water partition coefficient (Wildman–Crippen LogP) is 4.47. The van der Waals surface area contributed by atoms with E-state index in [-0.39, 0.29) is 24.1 Å². The molecule has 2 aliphatic rings. The molecular formula is C18H30NO4P. The average molecular weight is 355 g/mol. The Bertz CT molecular complexity index is 454. The highest BCUT2D eigenvalue weighted by molar-refractivity contribution is 7.17. The van der Waals surface area contributed by atoms with E-state index in [0.717, 1.165) is 37.7 Å². The Kier molecular flexibility index (Phi) is 8.37. The predicted molar refractivity (Wildman–Crippen MR) is 94.0 cm³/mol. The van der Waals surface area contributed by atoms with E-state index in [2.05, 4.69) is 0 Å². The fraction of sp³-hybridized carbons (Fsp3) is 0.833. The quantitative estimate of drug-likeness (QED) is 0.495. The molecule has 2 fully saturated rings. The SMILES string of the molecule is N[C@H](CC1CCCCC1)C(=C(COP=O)C(=O)O)C1CCCCC1. The van der Waals surface area contributed by atoms with E-state index in [4.69, 9.17) is 10.3 Å². The zero-order valence-electron chi connectivity index (χ0n) is 14.4. The van der Waals surface area contributed by atoms with Gasteiger partial charge in [0.1, 0.15) is 0 Å². The Labute approximate surface area is 146 Å². The lowest BCUT2D eigenvalue weighted by Gasteiger charge is -2.32. The van der Waals surface area contributed by atoms with Crippen molar-refractivity contribution in [2.75, 3.05) is 6.61 Å².